The van der Waals surface area contributed by atoms with Crippen molar-refractivity contribution in [2.75, 3.05) is 40.9 Å². The molecule has 0 aliphatic heterocycles. The van der Waals surface area contributed by atoms with Gasteiger partial charge in [-0.05, 0) is 51.4 Å². The van der Waals surface area contributed by atoms with Crippen molar-refractivity contribution in [1.82, 2.24) is 5.32 Å². The van der Waals surface area contributed by atoms with Crippen molar-refractivity contribution >= 4 is 13.7 Å². The first-order valence-electron chi connectivity index (χ1n) is 36.8. The summed E-state index contributed by atoms with van der Waals surface area (Å²) in [5.41, 5.74) is 0. The maximum Gasteiger partial charge on any atom is 0.268 e. The molecular formula is C74H145N2O6P. The number of allylic oxidation sites excluding steroid dienone is 6. The Morgan fingerprint density at radius 3 is 1.01 bits per heavy atom. The van der Waals surface area contributed by atoms with Gasteiger partial charge in [0, 0.05) is 6.42 Å². The minimum atomic E-state index is -4.58. The van der Waals surface area contributed by atoms with Crippen molar-refractivity contribution in [3.05, 3.63) is 36.5 Å². The predicted molar refractivity (Wildman–Crippen MR) is 362 cm³/mol. The smallest absolute Gasteiger partial charge is 0.268 e. The predicted octanol–water partition coefficient (Wildman–Crippen LogP) is 23.0. The van der Waals surface area contributed by atoms with E-state index in [1.807, 2.05) is 21.1 Å². The number of amides is 1. The highest BCUT2D eigenvalue weighted by Crippen LogP contribution is 2.38. The molecule has 0 saturated heterocycles. The fourth-order valence-electron chi connectivity index (χ4n) is 11.4. The highest BCUT2D eigenvalue weighted by atomic mass is 31.2. The SMILES string of the molecule is CCCCCCC/C=C\C/C=C\C/C=C\CCCCCCCCCCCCCCCCCCCCCCCCCCC(=O)NC(COP(=O)([O-])OCC[N+](C)(C)C)C(O)CCCCCCCCCCCCCCCCCCCCCCCC. The molecule has 0 aromatic rings. The van der Waals surface area contributed by atoms with Gasteiger partial charge in [-0.1, -0.05) is 359 Å². The van der Waals surface area contributed by atoms with Gasteiger partial charge in [-0.2, -0.15) is 0 Å². The van der Waals surface area contributed by atoms with Crippen LogP contribution in [0.4, 0.5) is 0 Å². The van der Waals surface area contributed by atoms with Crippen LogP contribution in [-0.2, 0) is 18.4 Å². The molecule has 9 heteroatoms. The Labute approximate surface area is 518 Å². The molecule has 0 saturated carbocycles. The Balaban J connectivity index is 3.91. The van der Waals surface area contributed by atoms with E-state index in [4.69, 9.17) is 9.05 Å². The molecular weight excluding hydrogens is 1040 g/mol. The van der Waals surface area contributed by atoms with Crippen LogP contribution < -0.4 is 10.2 Å². The van der Waals surface area contributed by atoms with Gasteiger partial charge in [0.05, 0.1) is 39.9 Å². The van der Waals surface area contributed by atoms with Gasteiger partial charge in [-0.3, -0.25) is 9.36 Å². The summed E-state index contributed by atoms with van der Waals surface area (Å²) in [5, 5.41) is 14.1. The normalized spacial score (nSPS) is 13.8. The van der Waals surface area contributed by atoms with Gasteiger partial charge in [0.15, 0.2) is 0 Å². The third-order valence-corrected chi connectivity index (χ3v) is 18.1. The molecule has 0 fully saturated rings. The number of phosphoric ester groups is 1. The van der Waals surface area contributed by atoms with Gasteiger partial charge in [0.25, 0.3) is 7.82 Å². The topological polar surface area (TPSA) is 108 Å². The molecule has 3 atom stereocenters. The van der Waals surface area contributed by atoms with Gasteiger partial charge < -0.3 is 28.8 Å². The molecule has 0 aliphatic carbocycles. The van der Waals surface area contributed by atoms with Gasteiger partial charge in [0.1, 0.15) is 13.2 Å². The van der Waals surface area contributed by atoms with Gasteiger partial charge in [-0.25, -0.2) is 0 Å². The second kappa shape index (κ2) is 65.2. The van der Waals surface area contributed by atoms with Crippen LogP contribution >= 0.6 is 7.82 Å². The maximum atomic E-state index is 13.1. The number of carbonyl (C=O) groups is 1. The average molecular weight is 1190 g/mol. The lowest BCUT2D eigenvalue weighted by atomic mass is 10.0. The number of aliphatic hydroxyl groups is 1. The lowest BCUT2D eigenvalue weighted by Gasteiger charge is -2.30. The summed E-state index contributed by atoms with van der Waals surface area (Å²) in [5.74, 6) is -0.156. The molecule has 8 nitrogen and oxygen atoms in total. The van der Waals surface area contributed by atoms with Crippen LogP contribution in [0, 0.1) is 0 Å². The number of unbranched alkanes of at least 4 members (excludes halogenated alkanes) is 50. The average Bonchev–Trinajstić information content (AvgIpc) is 3.50. The molecule has 0 radical (unpaired) electrons. The quantitative estimate of drug-likeness (QED) is 0.0272. The summed E-state index contributed by atoms with van der Waals surface area (Å²) in [6, 6.07) is -0.800. The number of hydrogen-bond acceptors (Lipinski definition) is 6. The Morgan fingerprint density at radius 1 is 0.422 bits per heavy atom. The second-order valence-corrected chi connectivity index (χ2v) is 28.1. The molecule has 492 valence electrons. The molecule has 2 N–H and O–H groups in total. The third-order valence-electron chi connectivity index (χ3n) is 17.1. The van der Waals surface area contributed by atoms with Crippen molar-refractivity contribution in [1.29, 1.82) is 0 Å². The maximum absolute atomic E-state index is 13.1. The van der Waals surface area contributed by atoms with E-state index in [2.05, 4.69) is 55.6 Å². The number of rotatable bonds is 69. The largest absolute Gasteiger partial charge is 0.756 e. The van der Waals surface area contributed by atoms with E-state index >= 15 is 0 Å². The van der Waals surface area contributed by atoms with E-state index in [0.29, 0.717) is 23.9 Å². The standard InChI is InChI=1S/C74H145N2O6P/c1-6-8-10-12-14-16-18-20-22-24-26-28-30-31-32-33-34-35-36-37-38-39-40-41-42-43-44-45-46-48-50-52-54-56-58-60-62-64-66-68-74(78)75-72(71-82-83(79,80)81-70-69-76(3,4)5)73(77)67-65-63-61-59-57-55-53-51-49-47-29-27-25-23-21-19-17-15-13-11-9-7-2/h18,20,24,26,30-31,72-73,77H,6-17,19,21-23,25,27-29,32-71H2,1-5H3,(H-,75,78,79,80)/b20-18-,26-24-,31-30-. The Morgan fingerprint density at radius 2 is 0.699 bits per heavy atom. The van der Waals surface area contributed by atoms with Crippen molar-refractivity contribution in [3.8, 4) is 0 Å². The van der Waals surface area contributed by atoms with Crippen molar-refractivity contribution < 1.29 is 32.9 Å². The van der Waals surface area contributed by atoms with Crippen LogP contribution in [0.25, 0.3) is 0 Å². The molecule has 0 rings (SSSR count). The van der Waals surface area contributed by atoms with Crippen LogP contribution in [0.3, 0.4) is 0 Å². The summed E-state index contributed by atoms with van der Waals surface area (Å²) in [6.07, 6.45) is 86.7. The first-order chi connectivity index (χ1) is 40.5. The zero-order valence-electron chi connectivity index (χ0n) is 56.4. The molecule has 3 unspecified atom stereocenters. The third kappa shape index (κ3) is 68.1. The number of carbonyl (C=O) groups excluding carboxylic acids is 1. The van der Waals surface area contributed by atoms with E-state index in [0.717, 1.165) is 51.4 Å². The van der Waals surface area contributed by atoms with Crippen molar-refractivity contribution in [2.45, 2.75) is 392 Å². The highest BCUT2D eigenvalue weighted by molar-refractivity contribution is 7.45. The van der Waals surface area contributed by atoms with Crippen molar-refractivity contribution in [3.63, 3.8) is 0 Å². The van der Waals surface area contributed by atoms with E-state index in [-0.39, 0.29) is 19.1 Å². The van der Waals surface area contributed by atoms with E-state index in [1.54, 1.807) is 0 Å². The number of aliphatic hydroxyl groups excluding tert-OH is 1. The number of phosphoric acid groups is 1. The number of quaternary nitrogens is 1. The van der Waals surface area contributed by atoms with Crippen LogP contribution in [0.15, 0.2) is 36.5 Å². The summed E-state index contributed by atoms with van der Waals surface area (Å²) in [6.45, 7) is 4.77. The second-order valence-electron chi connectivity index (χ2n) is 26.7. The summed E-state index contributed by atoms with van der Waals surface area (Å²) in [4.78, 5) is 25.7. The molecule has 1 amide bonds. The first-order valence-corrected chi connectivity index (χ1v) is 38.3. The van der Waals surface area contributed by atoms with E-state index in [9.17, 15) is 19.4 Å². The number of nitrogens with zero attached hydrogens (tertiary/aromatic N) is 1. The van der Waals surface area contributed by atoms with Gasteiger partial charge in [0.2, 0.25) is 5.91 Å². The summed E-state index contributed by atoms with van der Waals surface area (Å²) >= 11 is 0. The summed E-state index contributed by atoms with van der Waals surface area (Å²) in [7, 11) is 1.32. The molecule has 0 aliphatic rings. The monoisotopic (exact) mass is 1190 g/mol. The molecule has 83 heavy (non-hydrogen) atoms. The Hall–Kier alpha value is -1.28. The van der Waals surface area contributed by atoms with Gasteiger partial charge >= 0.3 is 0 Å². The zero-order valence-corrected chi connectivity index (χ0v) is 57.3. The number of hydrogen-bond donors (Lipinski definition) is 2. The molecule has 0 aromatic carbocycles. The van der Waals surface area contributed by atoms with E-state index in [1.165, 1.54) is 302 Å². The fourth-order valence-corrected chi connectivity index (χ4v) is 12.1. The van der Waals surface area contributed by atoms with Crippen molar-refractivity contribution in [2.24, 2.45) is 0 Å². The molecule has 0 spiro atoms. The van der Waals surface area contributed by atoms with Gasteiger partial charge in [-0.15, -0.1) is 0 Å². The lowest BCUT2D eigenvalue weighted by Crippen LogP contribution is -2.46. The fraction of sp³-hybridized carbons (Fsp3) is 0.905. The van der Waals surface area contributed by atoms with Crippen LogP contribution in [0.1, 0.15) is 380 Å². The number of nitrogens with one attached hydrogen (secondary N) is 1. The molecule has 0 heterocycles. The summed E-state index contributed by atoms with van der Waals surface area (Å²) < 4.78 is 23.5. The van der Waals surface area contributed by atoms with Crippen LogP contribution in [0.2, 0.25) is 0 Å². The molecule has 0 aromatic heterocycles. The zero-order chi connectivity index (χ0) is 60.5. The lowest BCUT2D eigenvalue weighted by molar-refractivity contribution is -0.870. The minimum Gasteiger partial charge on any atom is -0.756 e. The van der Waals surface area contributed by atoms with E-state index < -0.39 is 20.0 Å². The van der Waals surface area contributed by atoms with Crippen LogP contribution in [0.5, 0.6) is 0 Å². The minimum absolute atomic E-state index is 0.0149. The Bertz CT molecular complexity index is 1450. The van der Waals surface area contributed by atoms with Crippen LogP contribution in [-0.4, -0.2) is 68.5 Å². The Kier molecular flexibility index (Phi) is 64.2. The first kappa shape index (κ1) is 81.7. The number of likely N-dealkylation sites (N-methyl/N-ethyl adjacent to an activating group) is 1. The highest BCUT2D eigenvalue weighted by Gasteiger charge is 2.24. The molecule has 0 bridgehead atoms.